The zero-order chi connectivity index (χ0) is 19.3. The minimum absolute atomic E-state index is 0.0218. The largest absolute Gasteiger partial charge is 0.476 e. The Hall–Kier alpha value is -3.40. The van der Waals surface area contributed by atoms with E-state index in [4.69, 9.17) is 4.74 Å². The van der Waals surface area contributed by atoms with Gasteiger partial charge in [0.25, 0.3) is 5.91 Å². The summed E-state index contributed by atoms with van der Waals surface area (Å²) in [5.74, 6) is -0.186. The summed E-state index contributed by atoms with van der Waals surface area (Å²) >= 11 is 0. The summed E-state index contributed by atoms with van der Waals surface area (Å²) < 4.78 is 6.27. The van der Waals surface area contributed by atoms with E-state index in [2.05, 4.69) is 0 Å². The second kappa shape index (κ2) is 6.06. The molecule has 4 heteroatoms. The molecule has 2 unspecified atom stereocenters. The van der Waals surface area contributed by atoms with E-state index in [1.54, 1.807) is 0 Å². The average molecular weight is 369 g/mol. The molecule has 5 rings (SSSR count). The van der Waals surface area contributed by atoms with E-state index >= 15 is 0 Å². The van der Waals surface area contributed by atoms with Gasteiger partial charge in [-0.05, 0) is 30.7 Å². The first kappa shape index (κ1) is 16.8. The third-order valence-electron chi connectivity index (χ3n) is 5.64. The van der Waals surface area contributed by atoms with Crippen LogP contribution < -0.4 is 9.64 Å². The third kappa shape index (κ3) is 2.31. The number of benzene rings is 3. The maximum atomic E-state index is 13.7. The molecule has 0 aromatic heterocycles. The molecular formula is C24H19NO3. The van der Waals surface area contributed by atoms with Crippen molar-refractivity contribution in [2.75, 3.05) is 4.90 Å². The molecule has 0 bridgehead atoms. The van der Waals surface area contributed by atoms with Gasteiger partial charge in [-0.15, -0.1) is 0 Å². The number of carbonyl (C=O) groups excluding carboxylic acids is 2. The van der Waals surface area contributed by atoms with Crippen molar-refractivity contribution in [3.05, 3.63) is 95.6 Å². The molecule has 2 amide bonds. The second-order valence-electron chi connectivity index (χ2n) is 7.42. The Morgan fingerprint density at radius 2 is 1.57 bits per heavy atom. The molecule has 0 radical (unpaired) electrons. The lowest BCUT2D eigenvalue weighted by atomic mass is 9.78. The van der Waals surface area contributed by atoms with Crippen molar-refractivity contribution in [2.45, 2.75) is 24.9 Å². The van der Waals surface area contributed by atoms with Crippen molar-refractivity contribution >= 4 is 17.5 Å². The molecule has 4 nitrogen and oxygen atoms in total. The molecule has 138 valence electrons. The van der Waals surface area contributed by atoms with Crippen LogP contribution in [0.4, 0.5) is 5.69 Å². The van der Waals surface area contributed by atoms with Gasteiger partial charge in [0, 0.05) is 5.56 Å². The van der Waals surface area contributed by atoms with E-state index in [0.29, 0.717) is 11.4 Å². The van der Waals surface area contributed by atoms with E-state index in [0.717, 1.165) is 16.7 Å². The maximum absolute atomic E-state index is 13.7. The smallest absolute Gasteiger partial charge is 0.279 e. The van der Waals surface area contributed by atoms with E-state index in [9.17, 15) is 9.59 Å². The fraction of sp³-hybridized carbons (Fsp3) is 0.167. The highest BCUT2D eigenvalue weighted by atomic mass is 16.5. The molecule has 28 heavy (non-hydrogen) atoms. The number of fused-ring (bicyclic) bond motifs is 1. The van der Waals surface area contributed by atoms with E-state index in [1.165, 1.54) is 4.90 Å². The van der Waals surface area contributed by atoms with Gasteiger partial charge in [0.1, 0.15) is 5.75 Å². The molecule has 0 saturated carbocycles. The lowest BCUT2D eigenvalue weighted by Crippen LogP contribution is -2.47. The average Bonchev–Trinajstić information content (AvgIpc) is 3.16. The molecule has 2 atom stereocenters. The zero-order valence-corrected chi connectivity index (χ0v) is 15.5. The number of carbonyl (C=O) groups is 2. The number of imide groups is 1. The van der Waals surface area contributed by atoms with E-state index in [-0.39, 0.29) is 24.2 Å². The van der Waals surface area contributed by atoms with E-state index < -0.39 is 5.60 Å². The van der Waals surface area contributed by atoms with Gasteiger partial charge in [0.05, 0.1) is 18.0 Å². The van der Waals surface area contributed by atoms with Gasteiger partial charge in [0.15, 0.2) is 0 Å². The number of aryl methyl sites for hydroxylation is 1. The predicted molar refractivity (Wildman–Crippen MR) is 106 cm³/mol. The zero-order valence-electron chi connectivity index (χ0n) is 15.5. The first-order valence-electron chi connectivity index (χ1n) is 9.37. The molecule has 1 saturated heterocycles. The number of amides is 2. The Labute approximate surface area is 163 Å². The Morgan fingerprint density at radius 3 is 2.32 bits per heavy atom. The van der Waals surface area contributed by atoms with Crippen molar-refractivity contribution < 1.29 is 14.3 Å². The van der Waals surface area contributed by atoms with Crippen molar-refractivity contribution in [1.29, 1.82) is 0 Å². The summed E-state index contributed by atoms with van der Waals surface area (Å²) in [6, 6.07) is 24.9. The van der Waals surface area contributed by atoms with Gasteiger partial charge in [0.2, 0.25) is 11.5 Å². The molecule has 0 aliphatic carbocycles. The highest BCUT2D eigenvalue weighted by Gasteiger charge is 2.63. The topological polar surface area (TPSA) is 46.6 Å². The first-order valence-corrected chi connectivity index (χ1v) is 9.37. The summed E-state index contributed by atoms with van der Waals surface area (Å²) in [5, 5.41) is 0. The van der Waals surface area contributed by atoms with Crippen LogP contribution in [0.5, 0.6) is 5.75 Å². The highest BCUT2D eigenvalue weighted by Crippen LogP contribution is 2.53. The standard InChI is InChI=1S/C24H19NO3/c1-16-11-13-18(14-12-16)25-21(26)15-24(23(25)27)22(17-7-3-2-4-8-17)19-9-5-6-10-20(19)28-24/h2-14,22H,15H2,1H3. The predicted octanol–water partition coefficient (Wildman–Crippen LogP) is 4.22. The number of hydrogen-bond donors (Lipinski definition) is 0. The molecule has 1 spiro atoms. The second-order valence-corrected chi connectivity index (χ2v) is 7.42. The minimum Gasteiger partial charge on any atom is -0.476 e. The van der Waals surface area contributed by atoms with Crippen LogP contribution >= 0.6 is 0 Å². The van der Waals surface area contributed by atoms with Crippen LogP contribution in [0, 0.1) is 6.92 Å². The molecule has 2 aliphatic heterocycles. The van der Waals surface area contributed by atoms with Crippen molar-refractivity contribution in [1.82, 2.24) is 0 Å². The molecule has 2 heterocycles. The number of ether oxygens (including phenoxy) is 1. The normalized spacial score (nSPS) is 23.2. The SMILES string of the molecule is Cc1ccc(N2C(=O)CC3(Oc4ccccc4C3c3ccccc3)C2=O)cc1. The van der Waals surface area contributed by atoms with Gasteiger partial charge in [-0.3, -0.25) is 9.59 Å². The number of nitrogens with zero attached hydrogens (tertiary/aromatic N) is 1. The molecule has 3 aromatic carbocycles. The van der Waals surface area contributed by atoms with Crippen molar-refractivity contribution in [3.8, 4) is 5.75 Å². The highest BCUT2D eigenvalue weighted by molar-refractivity contribution is 6.25. The summed E-state index contributed by atoms with van der Waals surface area (Å²) in [7, 11) is 0. The molecule has 2 aliphatic rings. The Kier molecular flexibility index (Phi) is 3.63. The van der Waals surface area contributed by atoms with Crippen LogP contribution in [0.15, 0.2) is 78.9 Å². The molecule has 3 aromatic rings. The Bertz CT molecular complexity index is 1070. The lowest BCUT2D eigenvalue weighted by Gasteiger charge is -2.28. The Morgan fingerprint density at radius 1 is 0.893 bits per heavy atom. The number of hydrogen-bond acceptors (Lipinski definition) is 3. The number of para-hydroxylation sites is 1. The maximum Gasteiger partial charge on any atom is 0.279 e. The van der Waals surface area contributed by atoms with Crippen LogP contribution in [0.3, 0.4) is 0 Å². The first-order chi connectivity index (χ1) is 13.6. The van der Waals surface area contributed by atoms with Gasteiger partial charge in [-0.2, -0.15) is 0 Å². The van der Waals surface area contributed by atoms with E-state index in [1.807, 2.05) is 85.8 Å². The molecular weight excluding hydrogens is 350 g/mol. The van der Waals surface area contributed by atoms with Crippen molar-refractivity contribution in [3.63, 3.8) is 0 Å². The summed E-state index contributed by atoms with van der Waals surface area (Å²) in [4.78, 5) is 27.9. The molecule has 1 fully saturated rings. The lowest BCUT2D eigenvalue weighted by molar-refractivity contribution is -0.130. The van der Waals surface area contributed by atoms with Crippen LogP contribution in [-0.4, -0.2) is 17.4 Å². The van der Waals surface area contributed by atoms with Crippen molar-refractivity contribution in [2.24, 2.45) is 0 Å². The summed E-state index contributed by atoms with van der Waals surface area (Å²) in [6.45, 7) is 1.97. The van der Waals surface area contributed by atoms with Gasteiger partial charge in [-0.1, -0.05) is 66.2 Å². The fourth-order valence-electron chi connectivity index (χ4n) is 4.35. The van der Waals surface area contributed by atoms with Gasteiger partial charge >= 0.3 is 0 Å². The van der Waals surface area contributed by atoms with Gasteiger partial charge in [-0.25, -0.2) is 4.90 Å². The summed E-state index contributed by atoms with van der Waals surface area (Å²) in [6.07, 6.45) is 0.0218. The summed E-state index contributed by atoms with van der Waals surface area (Å²) in [5.41, 5.74) is 2.33. The van der Waals surface area contributed by atoms with Crippen LogP contribution in [0.2, 0.25) is 0 Å². The monoisotopic (exact) mass is 369 g/mol. The van der Waals surface area contributed by atoms with Crippen LogP contribution in [-0.2, 0) is 9.59 Å². The minimum atomic E-state index is -1.24. The number of rotatable bonds is 2. The molecule has 0 N–H and O–H groups in total. The fourth-order valence-corrected chi connectivity index (χ4v) is 4.35. The number of anilines is 1. The van der Waals surface area contributed by atoms with Crippen LogP contribution in [0.25, 0.3) is 0 Å². The quantitative estimate of drug-likeness (QED) is 0.636. The van der Waals surface area contributed by atoms with Gasteiger partial charge < -0.3 is 4.74 Å². The Balaban J connectivity index is 1.65. The third-order valence-corrected chi connectivity index (χ3v) is 5.64. The van der Waals surface area contributed by atoms with Crippen LogP contribution in [0.1, 0.15) is 29.0 Å².